The van der Waals surface area contributed by atoms with Gasteiger partial charge in [-0.2, -0.15) is 5.10 Å². The SMILES string of the molecule is Cc1cc(C(=O)Nc2nc3c(s2)C(=O)CC(C)(C)C3)nn1C(C)C. The van der Waals surface area contributed by atoms with Crippen molar-refractivity contribution in [2.45, 2.75) is 53.5 Å². The van der Waals surface area contributed by atoms with Crippen LogP contribution in [0.25, 0.3) is 0 Å². The summed E-state index contributed by atoms with van der Waals surface area (Å²) in [6.45, 7) is 10.1. The van der Waals surface area contributed by atoms with Gasteiger partial charge in [0.15, 0.2) is 16.6 Å². The summed E-state index contributed by atoms with van der Waals surface area (Å²) in [5.41, 5.74) is 2.01. The standard InChI is InChI=1S/C17H22N4O2S/c1-9(2)21-10(3)6-11(20-21)15(23)19-16-18-12-7-17(4,5)8-13(22)14(12)24-16/h6,9H,7-8H2,1-5H3,(H,18,19,23). The topological polar surface area (TPSA) is 76.9 Å². The van der Waals surface area contributed by atoms with E-state index in [1.807, 2.05) is 25.5 Å². The Morgan fingerprint density at radius 3 is 2.71 bits per heavy atom. The maximum atomic E-state index is 12.4. The zero-order valence-corrected chi connectivity index (χ0v) is 15.5. The molecule has 2 aromatic rings. The summed E-state index contributed by atoms with van der Waals surface area (Å²) in [5, 5.41) is 7.59. The Morgan fingerprint density at radius 2 is 2.08 bits per heavy atom. The fraction of sp³-hybridized carbons (Fsp3) is 0.529. The smallest absolute Gasteiger partial charge is 0.277 e. The second kappa shape index (κ2) is 5.81. The highest BCUT2D eigenvalue weighted by molar-refractivity contribution is 7.17. The van der Waals surface area contributed by atoms with Crippen molar-refractivity contribution in [3.8, 4) is 0 Å². The molecule has 3 rings (SSSR count). The van der Waals surface area contributed by atoms with E-state index in [0.717, 1.165) is 17.8 Å². The monoisotopic (exact) mass is 346 g/mol. The fourth-order valence-corrected chi connectivity index (χ4v) is 3.97. The molecule has 7 heteroatoms. The average molecular weight is 346 g/mol. The van der Waals surface area contributed by atoms with Gasteiger partial charge in [0.2, 0.25) is 0 Å². The Kier molecular flexibility index (Phi) is 4.07. The summed E-state index contributed by atoms with van der Waals surface area (Å²) in [4.78, 5) is 29.8. The Bertz CT molecular complexity index is 817. The first kappa shape index (κ1) is 16.8. The minimum absolute atomic E-state index is 0.0768. The van der Waals surface area contributed by atoms with Crippen molar-refractivity contribution >= 4 is 28.2 Å². The van der Waals surface area contributed by atoms with Crippen LogP contribution in [0.4, 0.5) is 5.13 Å². The van der Waals surface area contributed by atoms with E-state index in [9.17, 15) is 9.59 Å². The first-order chi connectivity index (χ1) is 11.2. The lowest BCUT2D eigenvalue weighted by molar-refractivity contribution is 0.0915. The lowest BCUT2D eigenvalue weighted by Crippen LogP contribution is -2.26. The number of ketones is 1. The molecule has 6 nitrogen and oxygen atoms in total. The number of hydrogen-bond acceptors (Lipinski definition) is 5. The number of hydrogen-bond donors (Lipinski definition) is 1. The van der Waals surface area contributed by atoms with Crippen molar-refractivity contribution < 1.29 is 9.59 Å². The zero-order valence-electron chi connectivity index (χ0n) is 14.6. The van der Waals surface area contributed by atoms with Gasteiger partial charge in [-0.05, 0) is 38.7 Å². The molecule has 0 fully saturated rings. The zero-order chi connectivity index (χ0) is 17.6. The van der Waals surface area contributed by atoms with Crippen LogP contribution in [0.1, 0.15) is 71.7 Å². The first-order valence-electron chi connectivity index (χ1n) is 8.07. The van der Waals surface area contributed by atoms with Crippen molar-refractivity contribution in [2.24, 2.45) is 5.41 Å². The van der Waals surface area contributed by atoms with Crippen molar-refractivity contribution in [1.82, 2.24) is 14.8 Å². The predicted molar refractivity (Wildman–Crippen MR) is 93.8 cm³/mol. The number of nitrogens with zero attached hydrogens (tertiary/aromatic N) is 3. The van der Waals surface area contributed by atoms with Crippen molar-refractivity contribution in [1.29, 1.82) is 0 Å². The fourth-order valence-electron chi connectivity index (χ4n) is 3.06. The highest BCUT2D eigenvalue weighted by Crippen LogP contribution is 2.38. The van der Waals surface area contributed by atoms with E-state index in [1.165, 1.54) is 11.3 Å². The van der Waals surface area contributed by atoms with E-state index in [1.54, 1.807) is 6.07 Å². The molecular weight excluding hydrogens is 324 g/mol. The molecule has 1 aliphatic carbocycles. The van der Waals surface area contributed by atoms with Gasteiger partial charge in [-0.1, -0.05) is 25.2 Å². The second-order valence-corrected chi connectivity index (χ2v) is 8.40. The Hall–Kier alpha value is -2.02. The molecule has 2 heterocycles. The molecule has 0 saturated carbocycles. The maximum Gasteiger partial charge on any atom is 0.277 e. The van der Waals surface area contributed by atoms with E-state index in [-0.39, 0.29) is 23.1 Å². The van der Waals surface area contributed by atoms with Crippen LogP contribution in [0.5, 0.6) is 0 Å². The van der Waals surface area contributed by atoms with Gasteiger partial charge in [0.1, 0.15) is 0 Å². The van der Waals surface area contributed by atoms with Gasteiger partial charge in [0.25, 0.3) is 5.91 Å². The van der Waals surface area contributed by atoms with Gasteiger partial charge in [-0.25, -0.2) is 4.98 Å². The molecule has 0 aromatic carbocycles. The van der Waals surface area contributed by atoms with Crippen LogP contribution in [0, 0.1) is 12.3 Å². The lowest BCUT2D eigenvalue weighted by atomic mass is 9.78. The molecule has 1 amide bonds. The molecule has 0 atom stereocenters. The van der Waals surface area contributed by atoms with Crippen LogP contribution in [0.3, 0.4) is 0 Å². The molecule has 128 valence electrons. The van der Waals surface area contributed by atoms with Crippen LogP contribution in [-0.4, -0.2) is 26.5 Å². The molecule has 0 radical (unpaired) electrons. The molecule has 1 N–H and O–H groups in total. The quantitative estimate of drug-likeness (QED) is 0.920. The lowest BCUT2D eigenvalue weighted by Gasteiger charge is -2.26. The van der Waals surface area contributed by atoms with Crippen LogP contribution in [-0.2, 0) is 6.42 Å². The third-order valence-electron chi connectivity index (χ3n) is 4.10. The Balaban J connectivity index is 1.81. The molecule has 24 heavy (non-hydrogen) atoms. The average Bonchev–Trinajstić information content (AvgIpc) is 3.01. The third-order valence-corrected chi connectivity index (χ3v) is 5.15. The second-order valence-electron chi connectivity index (χ2n) is 7.40. The summed E-state index contributed by atoms with van der Waals surface area (Å²) in [6.07, 6.45) is 1.27. The number of carbonyl (C=O) groups excluding carboxylic acids is 2. The van der Waals surface area contributed by atoms with Gasteiger partial charge in [-0.3, -0.25) is 19.6 Å². The molecule has 0 spiro atoms. The number of amides is 1. The number of fused-ring (bicyclic) bond motifs is 1. The number of Topliss-reactive ketones (excluding diaryl/α,β-unsaturated/α-hetero) is 1. The summed E-state index contributed by atoms with van der Waals surface area (Å²) in [7, 11) is 0. The van der Waals surface area contributed by atoms with Crippen LogP contribution < -0.4 is 5.32 Å². The van der Waals surface area contributed by atoms with Crippen molar-refractivity contribution in [3.05, 3.63) is 28.0 Å². The molecule has 0 aliphatic heterocycles. The number of nitrogens with one attached hydrogen (secondary N) is 1. The summed E-state index contributed by atoms with van der Waals surface area (Å²) in [6, 6.07) is 1.95. The molecule has 1 aliphatic rings. The summed E-state index contributed by atoms with van der Waals surface area (Å²) < 4.78 is 1.81. The van der Waals surface area contributed by atoms with E-state index in [4.69, 9.17) is 0 Å². The van der Waals surface area contributed by atoms with Gasteiger partial charge < -0.3 is 0 Å². The third kappa shape index (κ3) is 3.13. The maximum absolute atomic E-state index is 12.4. The summed E-state index contributed by atoms with van der Waals surface area (Å²) in [5.74, 6) is -0.186. The highest BCUT2D eigenvalue weighted by Gasteiger charge is 2.34. The Morgan fingerprint density at radius 1 is 1.38 bits per heavy atom. The number of aromatic nitrogens is 3. The molecular formula is C17H22N4O2S. The molecule has 0 unspecified atom stereocenters. The molecule has 2 aromatic heterocycles. The largest absolute Gasteiger partial charge is 0.296 e. The van der Waals surface area contributed by atoms with Crippen LogP contribution in [0.2, 0.25) is 0 Å². The highest BCUT2D eigenvalue weighted by atomic mass is 32.1. The van der Waals surface area contributed by atoms with E-state index >= 15 is 0 Å². The van der Waals surface area contributed by atoms with Gasteiger partial charge in [-0.15, -0.1) is 0 Å². The van der Waals surface area contributed by atoms with E-state index in [0.29, 0.717) is 22.1 Å². The Labute approximate surface area is 145 Å². The summed E-state index contributed by atoms with van der Waals surface area (Å²) >= 11 is 1.26. The van der Waals surface area contributed by atoms with Gasteiger partial charge in [0, 0.05) is 18.2 Å². The van der Waals surface area contributed by atoms with Crippen molar-refractivity contribution in [2.75, 3.05) is 5.32 Å². The normalized spacial score (nSPS) is 16.3. The van der Waals surface area contributed by atoms with E-state index < -0.39 is 0 Å². The molecule has 0 saturated heterocycles. The van der Waals surface area contributed by atoms with E-state index in [2.05, 4.69) is 29.2 Å². The van der Waals surface area contributed by atoms with Crippen LogP contribution in [0.15, 0.2) is 6.07 Å². The minimum Gasteiger partial charge on any atom is -0.296 e. The van der Waals surface area contributed by atoms with Crippen molar-refractivity contribution in [3.63, 3.8) is 0 Å². The molecule has 0 bridgehead atoms. The number of anilines is 1. The predicted octanol–water partition coefficient (Wildman–Crippen LogP) is 3.64. The number of rotatable bonds is 3. The number of aryl methyl sites for hydroxylation is 1. The van der Waals surface area contributed by atoms with Gasteiger partial charge >= 0.3 is 0 Å². The van der Waals surface area contributed by atoms with Gasteiger partial charge in [0.05, 0.1) is 10.6 Å². The number of thiazole rings is 1. The minimum atomic E-state index is -0.296. The van der Waals surface area contributed by atoms with Crippen LogP contribution >= 0.6 is 11.3 Å². The first-order valence-corrected chi connectivity index (χ1v) is 8.88. The number of carbonyl (C=O) groups is 2.